The summed E-state index contributed by atoms with van der Waals surface area (Å²) in [6, 6.07) is 7.63. The summed E-state index contributed by atoms with van der Waals surface area (Å²) in [5, 5.41) is 0. The summed E-state index contributed by atoms with van der Waals surface area (Å²) in [6.45, 7) is 8.55. The number of hydrogen-bond donors (Lipinski definition) is 0. The summed E-state index contributed by atoms with van der Waals surface area (Å²) >= 11 is 0. The Morgan fingerprint density at radius 1 is 0.923 bits per heavy atom. The second-order valence-electron chi connectivity index (χ2n) is 7.58. The summed E-state index contributed by atoms with van der Waals surface area (Å²) < 4.78 is 5.83. The number of likely N-dealkylation sites (tertiary alicyclic amines) is 1. The third-order valence-corrected chi connectivity index (χ3v) is 5.48. The Kier molecular flexibility index (Phi) is 7.32. The highest BCUT2D eigenvalue weighted by molar-refractivity contribution is 5.94. The van der Waals surface area contributed by atoms with Crippen LogP contribution in [0.1, 0.15) is 42.5 Å². The number of nitrogens with zero attached hydrogens (tertiary/aromatic N) is 3. The third kappa shape index (κ3) is 5.71. The molecule has 144 valence electrons. The number of hydrogen-bond acceptors (Lipinski definition) is 4. The van der Waals surface area contributed by atoms with Crippen LogP contribution in [0.4, 0.5) is 0 Å². The van der Waals surface area contributed by atoms with Crippen molar-refractivity contribution < 1.29 is 9.53 Å². The number of benzene rings is 1. The second kappa shape index (κ2) is 9.93. The van der Waals surface area contributed by atoms with E-state index in [-0.39, 0.29) is 5.91 Å². The van der Waals surface area contributed by atoms with Crippen molar-refractivity contribution in [3.8, 4) is 5.75 Å². The average molecular weight is 360 g/mol. The number of amides is 1. The van der Waals surface area contributed by atoms with Gasteiger partial charge >= 0.3 is 0 Å². The highest BCUT2D eigenvalue weighted by atomic mass is 16.5. The van der Waals surface area contributed by atoms with E-state index >= 15 is 0 Å². The highest BCUT2D eigenvalue weighted by Crippen LogP contribution is 2.17. The summed E-state index contributed by atoms with van der Waals surface area (Å²) in [6.07, 6.45) is 5.79. The lowest BCUT2D eigenvalue weighted by Crippen LogP contribution is -2.44. The lowest BCUT2D eigenvalue weighted by Gasteiger charge is -2.32. The van der Waals surface area contributed by atoms with Crippen LogP contribution in [0.3, 0.4) is 0 Å². The van der Waals surface area contributed by atoms with Gasteiger partial charge in [0, 0.05) is 44.8 Å². The SMILES string of the molecule is CN1CCN(CCCCCOc2ccc(C(=O)N3CCCC3)cc2)CC1. The molecule has 0 saturated carbocycles. The van der Waals surface area contributed by atoms with E-state index in [2.05, 4.69) is 16.8 Å². The smallest absolute Gasteiger partial charge is 0.253 e. The molecule has 0 bridgehead atoms. The van der Waals surface area contributed by atoms with Crippen LogP contribution in [0.15, 0.2) is 24.3 Å². The van der Waals surface area contributed by atoms with Crippen LogP contribution in [0.5, 0.6) is 5.75 Å². The van der Waals surface area contributed by atoms with Crippen LogP contribution in [-0.4, -0.2) is 80.1 Å². The maximum Gasteiger partial charge on any atom is 0.253 e. The van der Waals surface area contributed by atoms with Gasteiger partial charge in [0.2, 0.25) is 0 Å². The van der Waals surface area contributed by atoms with Crippen LogP contribution in [0, 0.1) is 0 Å². The van der Waals surface area contributed by atoms with Crippen molar-refractivity contribution in [1.29, 1.82) is 0 Å². The van der Waals surface area contributed by atoms with Crippen molar-refractivity contribution in [3.05, 3.63) is 29.8 Å². The molecular formula is C21H33N3O2. The molecule has 2 aliphatic heterocycles. The quantitative estimate of drug-likeness (QED) is 0.669. The maximum atomic E-state index is 12.3. The molecular weight excluding hydrogens is 326 g/mol. The Morgan fingerprint density at radius 2 is 1.62 bits per heavy atom. The number of rotatable bonds is 8. The first-order chi connectivity index (χ1) is 12.7. The molecule has 2 aliphatic rings. The van der Waals surface area contributed by atoms with Gasteiger partial charge in [-0.3, -0.25) is 4.79 Å². The molecule has 2 saturated heterocycles. The zero-order chi connectivity index (χ0) is 18.2. The van der Waals surface area contributed by atoms with Gasteiger partial charge in [0.15, 0.2) is 0 Å². The Balaban J connectivity index is 1.28. The van der Waals surface area contributed by atoms with Gasteiger partial charge in [-0.15, -0.1) is 0 Å². The molecule has 1 aromatic carbocycles. The van der Waals surface area contributed by atoms with E-state index in [1.165, 1.54) is 45.6 Å². The molecule has 0 atom stereocenters. The number of likely N-dealkylation sites (N-methyl/N-ethyl adjacent to an activating group) is 1. The lowest BCUT2D eigenvalue weighted by atomic mass is 10.2. The Morgan fingerprint density at radius 3 is 2.31 bits per heavy atom. The van der Waals surface area contributed by atoms with Crippen molar-refractivity contribution >= 4 is 5.91 Å². The molecule has 5 nitrogen and oxygen atoms in total. The van der Waals surface area contributed by atoms with E-state index in [0.29, 0.717) is 0 Å². The topological polar surface area (TPSA) is 36.0 Å². The zero-order valence-corrected chi connectivity index (χ0v) is 16.2. The third-order valence-electron chi connectivity index (χ3n) is 5.48. The normalized spacial score (nSPS) is 19.0. The molecule has 5 heteroatoms. The lowest BCUT2D eigenvalue weighted by molar-refractivity contribution is 0.0793. The molecule has 0 N–H and O–H groups in total. The van der Waals surface area contributed by atoms with Crippen molar-refractivity contribution in [1.82, 2.24) is 14.7 Å². The maximum absolute atomic E-state index is 12.3. The predicted molar refractivity (Wildman–Crippen MR) is 105 cm³/mol. The Bertz CT molecular complexity index is 547. The van der Waals surface area contributed by atoms with E-state index in [1.54, 1.807) is 0 Å². The first-order valence-corrected chi connectivity index (χ1v) is 10.2. The van der Waals surface area contributed by atoms with Crippen molar-refractivity contribution in [2.75, 3.05) is 59.5 Å². The Hall–Kier alpha value is -1.59. The second-order valence-corrected chi connectivity index (χ2v) is 7.58. The van der Waals surface area contributed by atoms with Crippen molar-refractivity contribution in [2.24, 2.45) is 0 Å². The number of ether oxygens (including phenoxy) is 1. The largest absolute Gasteiger partial charge is 0.494 e. The van der Waals surface area contributed by atoms with Gasteiger partial charge in [-0.05, 0) is 70.0 Å². The van der Waals surface area contributed by atoms with Crippen LogP contribution in [-0.2, 0) is 0 Å². The fourth-order valence-electron chi connectivity index (χ4n) is 3.67. The first-order valence-electron chi connectivity index (χ1n) is 10.2. The van der Waals surface area contributed by atoms with Crippen LogP contribution < -0.4 is 4.74 Å². The number of carbonyl (C=O) groups is 1. The van der Waals surface area contributed by atoms with E-state index in [4.69, 9.17) is 4.74 Å². The first kappa shape index (κ1) is 19.2. The number of piperazine rings is 1. The van der Waals surface area contributed by atoms with E-state index in [0.717, 1.165) is 50.3 Å². The Labute approximate surface area is 157 Å². The molecule has 2 fully saturated rings. The molecule has 2 heterocycles. The molecule has 0 aliphatic carbocycles. The van der Waals surface area contributed by atoms with Crippen LogP contribution in [0.2, 0.25) is 0 Å². The monoisotopic (exact) mass is 359 g/mol. The van der Waals surface area contributed by atoms with Gasteiger partial charge in [0.05, 0.1) is 6.61 Å². The number of unbranched alkanes of at least 4 members (excludes halogenated alkanes) is 2. The van der Waals surface area contributed by atoms with Gasteiger partial charge in [-0.25, -0.2) is 0 Å². The summed E-state index contributed by atoms with van der Waals surface area (Å²) in [5.41, 5.74) is 0.770. The molecule has 1 amide bonds. The minimum Gasteiger partial charge on any atom is -0.494 e. The standard InChI is InChI=1S/C21H33N3O2/c1-22-14-16-23(17-15-22)11-3-2-6-18-26-20-9-7-19(8-10-20)21(25)24-12-4-5-13-24/h7-10H,2-6,11-18H2,1H3. The average Bonchev–Trinajstić information content (AvgIpc) is 3.21. The highest BCUT2D eigenvalue weighted by Gasteiger charge is 2.19. The summed E-state index contributed by atoms with van der Waals surface area (Å²) in [4.78, 5) is 19.2. The van der Waals surface area contributed by atoms with E-state index in [1.807, 2.05) is 29.2 Å². The van der Waals surface area contributed by atoms with E-state index < -0.39 is 0 Å². The van der Waals surface area contributed by atoms with Gasteiger partial charge in [-0.2, -0.15) is 0 Å². The minimum atomic E-state index is 0.151. The molecule has 0 aromatic heterocycles. The number of carbonyl (C=O) groups excluding carboxylic acids is 1. The summed E-state index contributed by atoms with van der Waals surface area (Å²) in [7, 11) is 2.20. The molecule has 26 heavy (non-hydrogen) atoms. The van der Waals surface area contributed by atoms with Crippen molar-refractivity contribution in [3.63, 3.8) is 0 Å². The predicted octanol–water partition coefficient (Wildman–Crippen LogP) is 2.72. The van der Waals surface area contributed by atoms with Crippen LogP contribution >= 0.6 is 0 Å². The summed E-state index contributed by atoms with van der Waals surface area (Å²) in [5.74, 6) is 1.01. The molecule has 0 radical (unpaired) electrons. The van der Waals surface area contributed by atoms with Gasteiger partial charge in [0.25, 0.3) is 5.91 Å². The fraction of sp³-hybridized carbons (Fsp3) is 0.667. The fourth-order valence-corrected chi connectivity index (χ4v) is 3.67. The van der Waals surface area contributed by atoms with Gasteiger partial charge < -0.3 is 19.4 Å². The zero-order valence-electron chi connectivity index (χ0n) is 16.2. The van der Waals surface area contributed by atoms with Gasteiger partial charge in [0.1, 0.15) is 5.75 Å². The van der Waals surface area contributed by atoms with Gasteiger partial charge in [-0.1, -0.05) is 0 Å². The molecule has 3 rings (SSSR count). The molecule has 1 aromatic rings. The van der Waals surface area contributed by atoms with Crippen molar-refractivity contribution in [2.45, 2.75) is 32.1 Å². The molecule has 0 spiro atoms. The van der Waals surface area contributed by atoms with E-state index in [9.17, 15) is 4.79 Å². The van der Waals surface area contributed by atoms with Crippen LogP contribution in [0.25, 0.3) is 0 Å². The molecule has 0 unspecified atom stereocenters. The minimum absolute atomic E-state index is 0.151.